The third kappa shape index (κ3) is 6.19. The van der Waals surface area contributed by atoms with Crippen LogP contribution in [0.4, 0.5) is 36.4 Å². The van der Waals surface area contributed by atoms with Crippen molar-refractivity contribution in [2.24, 2.45) is 11.8 Å². The molecular formula is C30H29F7N2O3. The summed E-state index contributed by atoms with van der Waals surface area (Å²) in [6.07, 6.45) is -10.5. The molecule has 3 heterocycles. The highest BCUT2D eigenvalue weighted by molar-refractivity contribution is 5.47. The molecule has 0 unspecified atom stereocenters. The minimum atomic E-state index is -4.98. The van der Waals surface area contributed by atoms with Crippen molar-refractivity contribution in [3.05, 3.63) is 88.4 Å². The molecule has 3 aromatic rings. The lowest BCUT2D eigenvalue weighted by atomic mass is 9.76. The predicted octanol–water partition coefficient (Wildman–Crippen LogP) is 7.55. The van der Waals surface area contributed by atoms with E-state index >= 15 is 0 Å². The van der Waals surface area contributed by atoms with Crippen molar-refractivity contribution in [1.82, 2.24) is 4.98 Å². The summed E-state index contributed by atoms with van der Waals surface area (Å²) >= 11 is 0. The number of rotatable bonds is 6. The van der Waals surface area contributed by atoms with Gasteiger partial charge in [0.25, 0.3) is 0 Å². The van der Waals surface area contributed by atoms with Gasteiger partial charge in [0.05, 0.1) is 42.8 Å². The summed E-state index contributed by atoms with van der Waals surface area (Å²) in [7, 11) is 1.52. The van der Waals surface area contributed by atoms with E-state index < -0.39 is 47.6 Å². The van der Waals surface area contributed by atoms with E-state index in [9.17, 15) is 30.7 Å². The Balaban J connectivity index is 1.47. The second kappa shape index (κ2) is 11.4. The molecule has 2 saturated heterocycles. The highest BCUT2D eigenvalue weighted by atomic mass is 19.4. The fourth-order valence-electron chi connectivity index (χ4n) is 5.90. The molecule has 0 N–H and O–H groups in total. The molecule has 1 aromatic heterocycles. The Labute approximate surface area is 238 Å². The van der Waals surface area contributed by atoms with E-state index in [2.05, 4.69) is 9.88 Å². The zero-order valence-corrected chi connectivity index (χ0v) is 23.0. The number of benzene rings is 2. The van der Waals surface area contributed by atoms with Gasteiger partial charge in [0.15, 0.2) is 6.29 Å². The largest absolute Gasteiger partial charge is 0.481 e. The first-order valence-electron chi connectivity index (χ1n) is 13.3. The van der Waals surface area contributed by atoms with Gasteiger partial charge in [-0.2, -0.15) is 26.3 Å². The van der Waals surface area contributed by atoms with Gasteiger partial charge in [0.1, 0.15) is 5.82 Å². The van der Waals surface area contributed by atoms with Crippen molar-refractivity contribution >= 4 is 5.69 Å². The summed E-state index contributed by atoms with van der Waals surface area (Å²) in [5.74, 6) is -0.493. The second-order valence-electron chi connectivity index (χ2n) is 10.7. The van der Waals surface area contributed by atoms with E-state index in [0.717, 1.165) is 11.3 Å². The first-order valence-corrected chi connectivity index (χ1v) is 13.3. The Morgan fingerprint density at radius 1 is 0.952 bits per heavy atom. The summed E-state index contributed by atoms with van der Waals surface area (Å²) in [5.41, 5.74) is -0.897. The van der Waals surface area contributed by atoms with Crippen molar-refractivity contribution in [2.45, 2.75) is 44.5 Å². The smallest absolute Gasteiger partial charge is 0.416 e. The summed E-state index contributed by atoms with van der Waals surface area (Å²) in [4.78, 5) is 6.41. The number of nitrogens with zero attached hydrogens (tertiary/aromatic N) is 2. The van der Waals surface area contributed by atoms with E-state index in [4.69, 9.17) is 14.2 Å². The number of anilines is 1. The van der Waals surface area contributed by atoms with Crippen molar-refractivity contribution in [2.75, 3.05) is 31.7 Å². The summed E-state index contributed by atoms with van der Waals surface area (Å²) in [5, 5.41) is 0. The molecule has 5 rings (SSSR count). The maximum atomic E-state index is 14.1. The van der Waals surface area contributed by atoms with Gasteiger partial charge in [-0.25, -0.2) is 9.37 Å². The number of hydrogen-bond acceptors (Lipinski definition) is 5. The zero-order chi connectivity index (χ0) is 30.4. The highest BCUT2D eigenvalue weighted by Crippen LogP contribution is 2.47. The fraction of sp³-hybridized carbons (Fsp3) is 0.433. The Morgan fingerprint density at radius 3 is 2.21 bits per heavy atom. The number of hydrogen-bond donors (Lipinski definition) is 0. The van der Waals surface area contributed by atoms with Crippen LogP contribution in [0.15, 0.2) is 54.7 Å². The van der Waals surface area contributed by atoms with Gasteiger partial charge in [-0.3, -0.25) is 0 Å². The van der Waals surface area contributed by atoms with Crippen LogP contribution in [0, 0.1) is 24.6 Å². The lowest BCUT2D eigenvalue weighted by molar-refractivity contribution is -0.217. The molecular weight excluding hydrogens is 569 g/mol. The third-order valence-electron chi connectivity index (χ3n) is 8.02. The Kier molecular flexibility index (Phi) is 8.14. The topological polar surface area (TPSA) is 43.8 Å². The standard InChI is InChI=1S/C30H29F7N2O3/c1-16-8-22(31)4-6-24(16)27-25-14-39(23-5-7-26(40-3)38-12-23)13-19(25)15-41-28(27)42-17(2)18-9-20(29(32,33)34)11-21(10-18)30(35,36)37/h4-12,17,19,25,27-28H,13-15H2,1-3H3/t17-,19+,25-,27+,28-/m1/s1. The number of aryl methyl sites for hydroxylation is 1. The summed E-state index contributed by atoms with van der Waals surface area (Å²) < 4.78 is 113. The van der Waals surface area contributed by atoms with Crippen LogP contribution in [0.5, 0.6) is 5.88 Å². The number of aromatic nitrogens is 1. The maximum absolute atomic E-state index is 14.1. The molecule has 2 aliphatic rings. The molecule has 2 aromatic carbocycles. The SMILES string of the molecule is COc1ccc(N2C[C@H]3CO[C@H](O[C@H](C)c4cc(C(F)(F)F)cc(C(F)(F)F)c4)[C@@H](c4ccc(F)cc4C)[C@@H]3C2)cn1. The molecule has 12 heteroatoms. The van der Waals surface area contributed by atoms with Crippen LogP contribution in [0.3, 0.4) is 0 Å². The van der Waals surface area contributed by atoms with Gasteiger partial charge in [-0.15, -0.1) is 0 Å². The second-order valence-corrected chi connectivity index (χ2v) is 10.7. The molecule has 0 saturated carbocycles. The molecule has 0 bridgehead atoms. The van der Waals surface area contributed by atoms with Crippen LogP contribution in [0.25, 0.3) is 0 Å². The van der Waals surface area contributed by atoms with Crippen LogP contribution in [-0.4, -0.2) is 38.1 Å². The fourth-order valence-corrected chi connectivity index (χ4v) is 5.90. The molecule has 0 radical (unpaired) electrons. The molecule has 2 fully saturated rings. The van der Waals surface area contributed by atoms with Crippen molar-refractivity contribution < 1.29 is 44.9 Å². The summed E-state index contributed by atoms with van der Waals surface area (Å²) in [6.45, 7) is 4.57. The number of alkyl halides is 6. The number of pyridine rings is 1. The average Bonchev–Trinajstić information content (AvgIpc) is 3.37. The minimum Gasteiger partial charge on any atom is -0.481 e. The Hall–Kier alpha value is -3.38. The van der Waals surface area contributed by atoms with Crippen molar-refractivity contribution in [3.63, 3.8) is 0 Å². The average molecular weight is 599 g/mol. The van der Waals surface area contributed by atoms with Crippen LogP contribution >= 0.6 is 0 Å². The molecule has 226 valence electrons. The zero-order valence-electron chi connectivity index (χ0n) is 23.0. The van der Waals surface area contributed by atoms with E-state index in [1.54, 1.807) is 25.3 Å². The van der Waals surface area contributed by atoms with Gasteiger partial charge >= 0.3 is 12.4 Å². The highest BCUT2D eigenvalue weighted by Gasteiger charge is 2.48. The Morgan fingerprint density at radius 2 is 1.64 bits per heavy atom. The number of halogens is 7. The van der Waals surface area contributed by atoms with Gasteiger partial charge in [-0.05, 0) is 72.9 Å². The van der Waals surface area contributed by atoms with Crippen LogP contribution in [0.2, 0.25) is 0 Å². The molecule has 2 aliphatic heterocycles. The Bertz CT molecular complexity index is 1380. The molecule has 0 aliphatic carbocycles. The lowest BCUT2D eigenvalue weighted by Gasteiger charge is -2.41. The quantitative estimate of drug-likeness (QED) is 0.274. The van der Waals surface area contributed by atoms with Crippen LogP contribution in [-0.2, 0) is 21.8 Å². The van der Waals surface area contributed by atoms with Gasteiger partial charge in [0, 0.05) is 31.0 Å². The molecule has 0 spiro atoms. The predicted molar refractivity (Wildman–Crippen MR) is 140 cm³/mol. The molecule has 5 nitrogen and oxygen atoms in total. The minimum absolute atomic E-state index is 0.0297. The normalized spacial score (nSPS) is 23.5. The van der Waals surface area contributed by atoms with Gasteiger partial charge in [-0.1, -0.05) is 6.07 Å². The van der Waals surface area contributed by atoms with E-state index in [0.29, 0.717) is 36.7 Å². The number of methoxy groups -OCH3 is 1. The molecule has 0 amide bonds. The van der Waals surface area contributed by atoms with E-state index in [1.165, 1.54) is 26.2 Å². The van der Waals surface area contributed by atoms with Crippen molar-refractivity contribution in [1.29, 1.82) is 0 Å². The maximum Gasteiger partial charge on any atom is 0.416 e. The first kappa shape index (κ1) is 30.1. The van der Waals surface area contributed by atoms with Gasteiger partial charge in [0.2, 0.25) is 5.88 Å². The van der Waals surface area contributed by atoms with Crippen LogP contribution in [0.1, 0.15) is 46.8 Å². The molecule has 5 atom stereocenters. The number of fused-ring (bicyclic) bond motifs is 1. The van der Waals surface area contributed by atoms with E-state index in [-0.39, 0.29) is 30.1 Å². The van der Waals surface area contributed by atoms with Crippen molar-refractivity contribution in [3.8, 4) is 5.88 Å². The van der Waals surface area contributed by atoms with E-state index in [1.807, 2.05) is 6.07 Å². The summed E-state index contributed by atoms with van der Waals surface area (Å²) in [6, 6.07) is 9.36. The third-order valence-corrected chi connectivity index (χ3v) is 8.02. The number of ether oxygens (including phenoxy) is 3. The van der Waals surface area contributed by atoms with Crippen LogP contribution < -0.4 is 9.64 Å². The first-order chi connectivity index (χ1) is 19.7. The monoisotopic (exact) mass is 598 g/mol. The lowest BCUT2D eigenvalue weighted by Crippen LogP contribution is -2.42. The van der Waals surface area contributed by atoms with Gasteiger partial charge < -0.3 is 19.1 Å². The molecule has 42 heavy (non-hydrogen) atoms.